The Labute approximate surface area is 159 Å². The number of ether oxygens (including phenoxy) is 1. The Hall–Kier alpha value is -3.73. The Kier molecular flexibility index (Phi) is 3.79. The van der Waals surface area contributed by atoms with Crippen molar-refractivity contribution in [3.05, 3.63) is 77.6 Å². The van der Waals surface area contributed by atoms with E-state index >= 15 is 0 Å². The molecule has 0 saturated carbocycles. The molecule has 0 fully saturated rings. The molecule has 5 rings (SSSR count). The number of fused-ring (bicyclic) bond motifs is 2. The number of aryl methyl sites for hydroxylation is 1. The zero-order chi connectivity index (χ0) is 19.1. The van der Waals surface area contributed by atoms with Crippen LogP contribution in [0.5, 0.6) is 5.75 Å². The number of halogens is 1. The van der Waals surface area contributed by atoms with Gasteiger partial charge in [0.25, 0.3) is 5.82 Å². The van der Waals surface area contributed by atoms with E-state index in [2.05, 4.69) is 19.8 Å². The lowest BCUT2D eigenvalue weighted by Gasteiger charge is -2.11. The number of hydrogen-bond donors (Lipinski definition) is 0. The third kappa shape index (κ3) is 2.52. The molecule has 138 valence electrons. The summed E-state index contributed by atoms with van der Waals surface area (Å²) < 4.78 is 23.6. The van der Waals surface area contributed by atoms with Crippen molar-refractivity contribution in [1.82, 2.24) is 23.9 Å². The van der Waals surface area contributed by atoms with Gasteiger partial charge in [-0.15, -0.1) is 4.98 Å². The van der Waals surface area contributed by atoms with E-state index in [9.17, 15) is 4.39 Å². The maximum atomic E-state index is 14.4. The molecule has 4 heterocycles. The molecule has 0 aliphatic carbocycles. The maximum absolute atomic E-state index is 14.4. The van der Waals surface area contributed by atoms with Crippen LogP contribution in [-0.2, 0) is 19.3 Å². The second-order valence-electron chi connectivity index (χ2n) is 6.53. The van der Waals surface area contributed by atoms with Gasteiger partial charge in [0.2, 0.25) is 0 Å². The summed E-state index contributed by atoms with van der Waals surface area (Å²) in [6.07, 6.45) is 10.1. The largest absolute Gasteiger partial charge is 0.493 e. The fraction of sp³-hybridized carbons (Fsp3) is 0.200. The first-order valence-electron chi connectivity index (χ1n) is 8.90. The molecule has 0 amide bonds. The van der Waals surface area contributed by atoms with Crippen LogP contribution in [0.3, 0.4) is 0 Å². The number of benzene rings is 1. The van der Waals surface area contributed by atoms with Gasteiger partial charge in [0.1, 0.15) is 22.9 Å². The molecule has 8 heteroatoms. The van der Waals surface area contributed by atoms with Crippen molar-refractivity contribution in [2.24, 2.45) is 0 Å². The summed E-state index contributed by atoms with van der Waals surface area (Å²) in [6.45, 7) is 8.01. The average molecular weight is 374 g/mol. The summed E-state index contributed by atoms with van der Waals surface area (Å²) in [7, 11) is 0. The molecular weight excluding hydrogens is 359 g/mol. The molecule has 7 nitrogen and oxygen atoms in total. The van der Waals surface area contributed by atoms with Gasteiger partial charge in [0.05, 0.1) is 24.8 Å². The number of hydrogen-bond acceptors (Lipinski definition) is 4. The quantitative estimate of drug-likeness (QED) is 0.514. The molecule has 1 aliphatic heterocycles. The van der Waals surface area contributed by atoms with Gasteiger partial charge in [0, 0.05) is 30.8 Å². The molecule has 0 atom stereocenters. The second kappa shape index (κ2) is 6.46. The summed E-state index contributed by atoms with van der Waals surface area (Å²) in [5.74, 6) is 1.57. The minimum absolute atomic E-state index is 0.219. The number of rotatable bonds is 4. The van der Waals surface area contributed by atoms with E-state index in [0.29, 0.717) is 36.3 Å². The smallest absolute Gasteiger partial charge is 0.297 e. The molecule has 0 N–H and O–H groups in total. The van der Waals surface area contributed by atoms with Crippen LogP contribution < -0.4 is 4.74 Å². The molecular formula is C20H15FN6O. The van der Waals surface area contributed by atoms with Crippen molar-refractivity contribution in [3.8, 4) is 11.4 Å². The van der Waals surface area contributed by atoms with E-state index < -0.39 is 0 Å². The van der Waals surface area contributed by atoms with E-state index in [1.165, 1.54) is 6.07 Å². The van der Waals surface area contributed by atoms with E-state index in [4.69, 9.17) is 11.3 Å². The third-order valence-electron chi connectivity index (χ3n) is 5.03. The van der Waals surface area contributed by atoms with Gasteiger partial charge in [-0.3, -0.25) is 4.40 Å². The third-order valence-corrected chi connectivity index (χ3v) is 5.03. The first-order valence-corrected chi connectivity index (χ1v) is 8.90. The first-order chi connectivity index (χ1) is 13.8. The van der Waals surface area contributed by atoms with E-state index in [0.717, 1.165) is 29.2 Å². The van der Waals surface area contributed by atoms with Gasteiger partial charge >= 0.3 is 0 Å². The predicted molar refractivity (Wildman–Crippen MR) is 99.4 cm³/mol. The molecule has 3 aromatic heterocycles. The highest BCUT2D eigenvalue weighted by Gasteiger charge is 2.21. The van der Waals surface area contributed by atoms with Gasteiger partial charge in [-0.25, -0.2) is 14.4 Å². The SMILES string of the molecule is [C-]#[N+]c1ncn2c(CCc3c(F)ccc4c3CCO4)ncc(-n3ccnc3)c12. The standard InChI is InChI=1S/C20H15FN6O/c1-22-20-19-16(26-8-7-23-11-26)10-24-18(27(19)12-25-20)5-2-13-14-6-9-28-17(14)4-3-15(13)21/h3-4,7-8,10-12H,2,5-6,9H2. The van der Waals surface area contributed by atoms with Crippen LogP contribution in [0.25, 0.3) is 16.0 Å². The highest BCUT2D eigenvalue weighted by molar-refractivity contribution is 5.79. The highest BCUT2D eigenvalue weighted by Crippen LogP contribution is 2.31. The maximum Gasteiger partial charge on any atom is 0.297 e. The lowest BCUT2D eigenvalue weighted by molar-refractivity contribution is 0.356. The zero-order valence-corrected chi connectivity index (χ0v) is 14.8. The van der Waals surface area contributed by atoms with Crippen LogP contribution in [0, 0.1) is 12.4 Å². The van der Waals surface area contributed by atoms with Crippen molar-refractivity contribution in [2.75, 3.05) is 6.61 Å². The molecule has 0 saturated heterocycles. The Bertz CT molecular complexity index is 1220. The molecule has 4 aromatic rings. The van der Waals surface area contributed by atoms with Crippen LogP contribution in [0.2, 0.25) is 0 Å². The lowest BCUT2D eigenvalue weighted by Crippen LogP contribution is -2.07. The molecule has 1 aromatic carbocycles. The molecule has 0 radical (unpaired) electrons. The molecule has 1 aliphatic rings. The van der Waals surface area contributed by atoms with Crippen LogP contribution in [0.1, 0.15) is 17.0 Å². The number of nitrogens with zero attached hydrogens (tertiary/aromatic N) is 6. The van der Waals surface area contributed by atoms with Gasteiger partial charge in [-0.2, -0.15) is 0 Å². The average Bonchev–Trinajstić information content (AvgIpc) is 3.46. The second-order valence-corrected chi connectivity index (χ2v) is 6.53. The van der Waals surface area contributed by atoms with Crippen LogP contribution in [0.4, 0.5) is 10.2 Å². The fourth-order valence-corrected chi connectivity index (χ4v) is 3.71. The van der Waals surface area contributed by atoms with E-state index in [1.54, 1.807) is 46.3 Å². The summed E-state index contributed by atoms with van der Waals surface area (Å²) in [6, 6.07) is 3.15. The topological polar surface area (TPSA) is 61.6 Å². The van der Waals surface area contributed by atoms with Gasteiger partial charge in [-0.05, 0) is 24.1 Å². The first kappa shape index (κ1) is 16.4. The summed E-state index contributed by atoms with van der Waals surface area (Å²) in [5.41, 5.74) is 3.01. The van der Waals surface area contributed by atoms with Crippen molar-refractivity contribution in [1.29, 1.82) is 0 Å². The predicted octanol–water partition coefficient (Wildman–Crippen LogP) is 3.32. The van der Waals surface area contributed by atoms with E-state index in [1.807, 2.05) is 0 Å². The van der Waals surface area contributed by atoms with E-state index in [-0.39, 0.29) is 5.82 Å². The van der Waals surface area contributed by atoms with Crippen molar-refractivity contribution in [3.63, 3.8) is 0 Å². The Morgan fingerprint density at radius 3 is 2.96 bits per heavy atom. The molecule has 0 spiro atoms. The Balaban J connectivity index is 1.55. The molecule has 0 unspecified atom stereocenters. The number of aromatic nitrogens is 5. The van der Waals surface area contributed by atoms with Gasteiger partial charge in [0.15, 0.2) is 6.33 Å². The molecule has 28 heavy (non-hydrogen) atoms. The summed E-state index contributed by atoms with van der Waals surface area (Å²) in [4.78, 5) is 16.4. The minimum Gasteiger partial charge on any atom is -0.493 e. The van der Waals surface area contributed by atoms with Crippen molar-refractivity contribution < 1.29 is 9.13 Å². The summed E-state index contributed by atoms with van der Waals surface area (Å²) >= 11 is 0. The van der Waals surface area contributed by atoms with Gasteiger partial charge < -0.3 is 14.1 Å². The monoisotopic (exact) mass is 374 g/mol. The molecule has 0 bridgehead atoms. The van der Waals surface area contributed by atoms with Crippen LogP contribution >= 0.6 is 0 Å². The highest BCUT2D eigenvalue weighted by atomic mass is 19.1. The van der Waals surface area contributed by atoms with Gasteiger partial charge in [-0.1, -0.05) is 6.57 Å². The van der Waals surface area contributed by atoms with Crippen molar-refractivity contribution in [2.45, 2.75) is 19.3 Å². The zero-order valence-electron chi connectivity index (χ0n) is 14.8. The Morgan fingerprint density at radius 1 is 1.21 bits per heavy atom. The Morgan fingerprint density at radius 2 is 2.14 bits per heavy atom. The van der Waals surface area contributed by atoms with Crippen molar-refractivity contribution >= 4 is 11.3 Å². The number of imidazole rings is 2. The van der Waals surface area contributed by atoms with Crippen LogP contribution in [-0.4, -0.2) is 30.5 Å². The lowest BCUT2D eigenvalue weighted by atomic mass is 10.00. The fourth-order valence-electron chi connectivity index (χ4n) is 3.71. The normalized spacial score (nSPS) is 12.7. The minimum atomic E-state index is -0.219. The van der Waals surface area contributed by atoms with Crippen LogP contribution in [0.15, 0.2) is 43.4 Å². The summed E-state index contributed by atoms with van der Waals surface area (Å²) in [5, 5.41) is 0.